The van der Waals surface area contributed by atoms with Gasteiger partial charge in [0.2, 0.25) is 0 Å². The van der Waals surface area contributed by atoms with Crippen molar-refractivity contribution in [3.63, 3.8) is 0 Å². The van der Waals surface area contributed by atoms with Gasteiger partial charge in [0.1, 0.15) is 0 Å². The minimum absolute atomic E-state index is 0.0206. The molecule has 3 nitrogen and oxygen atoms in total. The van der Waals surface area contributed by atoms with Crippen LogP contribution in [0.2, 0.25) is 0 Å². The van der Waals surface area contributed by atoms with Gasteiger partial charge in [-0.05, 0) is 12.1 Å². The van der Waals surface area contributed by atoms with Crippen molar-refractivity contribution >= 4 is 21.7 Å². The Morgan fingerprint density at radius 3 is 2.69 bits per heavy atom. The largest absolute Gasteiger partial charge is 0.492 e. The molecule has 0 aromatic heterocycles. The highest BCUT2D eigenvalue weighted by atomic mass is 79.9. The van der Waals surface area contributed by atoms with Crippen molar-refractivity contribution in [3.05, 3.63) is 23.8 Å². The summed E-state index contributed by atoms with van der Waals surface area (Å²) in [5, 5.41) is 0.0848. The third-order valence-electron chi connectivity index (χ3n) is 1.82. The molecule has 0 aliphatic carbocycles. The summed E-state index contributed by atoms with van der Waals surface area (Å²) in [6.07, 6.45) is 0. The molecule has 0 N–H and O–H groups in total. The number of Topliss-reactive ketones (excluding diaryl/α,β-unsaturated/α-hetero) is 1. The normalized spacial score (nSPS) is 10.3. The van der Waals surface area contributed by atoms with Crippen molar-refractivity contribution < 1.29 is 23.0 Å². The average molecular weight is 295 g/mol. The summed E-state index contributed by atoms with van der Waals surface area (Å²) in [7, 11) is 1.29. The van der Waals surface area contributed by atoms with Crippen molar-refractivity contribution in [2.45, 2.75) is 6.61 Å². The number of halogens is 3. The molecular weight excluding hydrogens is 286 g/mol. The van der Waals surface area contributed by atoms with E-state index in [2.05, 4.69) is 20.7 Å². The minimum Gasteiger partial charge on any atom is -0.492 e. The Morgan fingerprint density at radius 2 is 2.19 bits per heavy atom. The maximum atomic E-state index is 12.1. The second-order valence-corrected chi connectivity index (χ2v) is 3.33. The van der Waals surface area contributed by atoms with Crippen LogP contribution in [-0.2, 0) is 0 Å². The molecule has 88 valence electrons. The van der Waals surface area contributed by atoms with E-state index in [0.29, 0.717) is 0 Å². The van der Waals surface area contributed by atoms with Crippen LogP contribution in [0.5, 0.6) is 11.5 Å². The van der Waals surface area contributed by atoms with Gasteiger partial charge in [0.15, 0.2) is 17.3 Å². The number of carbonyl (C=O) groups is 1. The summed E-state index contributed by atoms with van der Waals surface area (Å²) in [5.41, 5.74) is 0.206. The number of hydrogen-bond donors (Lipinski definition) is 0. The maximum absolute atomic E-state index is 12.1. The first-order chi connectivity index (χ1) is 7.60. The molecule has 0 unspecified atom stereocenters. The van der Waals surface area contributed by atoms with Crippen LogP contribution in [0, 0.1) is 0 Å². The third-order valence-corrected chi connectivity index (χ3v) is 2.33. The fourth-order valence-corrected chi connectivity index (χ4v) is 1.51. The van der Waals surface area contributed by atoms with Gasteiger partial charge in [-0.3, -0.25) is 4.79 Å². The fourth-order valence-electron chi connectivity index (χ4n) is 1.21. The zero-order valence-corrected chi connectivity index (χ0v) is 9.96. The predicted molar refractivity (Wildman–Crippen MR) is 57.8 cm³/mol. The molecule has 0 heterocycles. The summed E-state index contributed by atoms with van der Waals surface area (Å²) in [6.45, 7) is -2.96. The number of methoxy groups -OCH3 is 1. The third kappa shape index (κ3) is 2.91. The molecular formula is C10H9BrF2O3. The van der Waals surface area contributed by atoms with Gasteiger partial charge in [0.25, 0.3) is 0 Å². The molecule has 0 amide bonds. The molecule has 1 aromatic rings. The Hall–Kier alpha value is -1.17. The van der Waals surface area contributed by atoms with E-state index in [1.165, 1.54) is 25.3 Å². The van der Waals surface area contributed by atoms with E-state index >= 15 is 0 Å². The molecule has 0 saturated heterocycles. The van der Waals surface area contributed by atoms with Gasteiger partial charge in [-0.15, -0.1) is 0 Å². The Bertz CT molecular complexity index is 382. The second-order valence-electron chi connectivity index (χ2n) is 2.77. The summed E-state index contributed by atoms with van der Waals surface area (Å²) in [5.74, 6) is -0.395. The molecule has 1 rings (SSSR count). The van der Waals surface area contributed by atoms with E-state index in [1.807, 2.05) is 0 Å². The van der Waals surface area contributed by atoms with Gasteiger partial charge in [-0.1, -0.05) is 22.0 Å². The number of ketones is 1. The molecule has 6 heteroatoms. The van der Waals surface area contributed by atoms with Crippen molar-refractivity contribution in [2.24, 2.45) is 0 Å². The molecule has 1 aromatic carbocycles. The van der Waals surface area contributed by atoms with Crippen molar-refractivity contribution in [2.75, 3.05) is 12.4 Å². The minimum atomic E-state index is -2.96. The topological polar surface area (TPSA) is 35.5 Å². The zero-order valence-electron chi connectivity index (χ0n) is 8.38. The lowest BCUT2D eigenvalue weighted by Crippen LogP contribution is -2.08. The fraction of sp³-hybridized carbons (Fsp3) is 0.300. The molecule has 0 bridgehead atoms. The van der Waals surface area contributed by atoms with E-state index in [1.54, 1.807) is 0 Å². The van der Waals surface area contributed by atoms with Crippen LogP contribution in [0.15, 0.2) is 18.2 Å². The molecule has 0 aliphatic heterocycles. The van der Waals surface area contributed by atoms with Crippen LogP contribution < -0.4 is 9.47 Å². The van der Waals surface area contributed by atoms with Crippen molar-refractivity contribution in [1.82, 2.24) is 0 Å². The SMILES string of the molecule is COc1c(OC(F)F)cccc1C(=O)CBr. The highest BCUT2D eigenvalue weighted by molar-refractivity contribution is 9.09. The van der Waals surface area contributed by atoms with E-state index in [0.717, 1.165) is 0 Å². The number of para-hydroxylation sites is 1. The lowest BCUT2D eigenvalue weighted by Gasteiger charge is -2.12. The predicted octanol–water partition coefficient (Wildman–Crippen LogP) is 2.87. The zero-order chi connectivity index (χ0) is 12.1. The van der Waals surface area contributed by atoms with Gasteiger partial charge in [0.05, 0.1) is 18.0 Å². The standard InChI is InChI=1S/C10H9BrF2O3/c1-15-9-6(7(14)5-11)3-2-4-8(9)16-10(12)13/h2-4,10H,5H2,1H3. The number of alkyl halides is 3. The summed E-state index contributed by atoms with van der Waals surface area (Å²) in [4.78, 5) is 11.5. The molecule has 0 aliphatic rings. The quantitative estimate of drug-likeness (QED) is 0.619. The smallest absolute Gasteiger partial charge is 0.387 e. The van der Waals surface area contributed by atoms with Crippen LogP contribution in [0.1, 0.15) is 10.4 Å². The van der Waals surface area contributed by atoms with Crippen molar-refractivity contribution in [1.29, 1.82) is 0 Å². The Kier molecular flexibility index (Phi) is 4.67. The highest BCUT2D eigenvalue weighted by Crippen LogP contribution is 2.32. The van der Waals surface area contributed by atoms with Crippen LogP contribution in [0.3, 0.4) is 0 Å². The lowest BCUT2D eigenvalue weighted by atomic mass is 10.1. The summed E-state index contributed by atoms with van der Waals surface area (Å²) in [6, 6.07) is 4.26. The number of carbonyl (C=O) groups excluding carboxylic acids is 1. The first-order valence-corrected chi connectivity index (χ1v) is 5.43. The summed E-state index contributed by atoms with van der Waals surface area (Å²) >= 11 is 3.00. The summed E-state index contributed by atoms with van der Waals surface area (Å²) < 4.78 is 33.3. The molecule has 0 saturated carbocycles. The van der Waals surface area contributed by atoms with Gasteiger partial charge >= 0.3 is 6.61 Å². The van der Waals surface area contributed by atoms with Gasteiger partial charge in [-0.25, -0.2) is 0 Å². The van der Waals surface area contributed by atoms with Crippen LogP contribution >= 0.6 is 15.9 Å². The first-order valence-electron chi connectivity index (χ1n) is 4.31. The van der Waals surface area contributed by atoms with Crippen molar-refractivity contribution in [3.8, 4) is 11.5 Å². The average Bonchev–Trinajstić information content (AvgIpc) is 2.27. The Morgan fingerprint density at radius 1 is 1.50 bits per heavy atom. The molecule has 16 heavy (non-hydrogen) atoms. The monoisotopic (exact) mass is 294 g/mol. The van der Waals surface area contributed by atoms with E-state index in [4.69, 9.17) is 4.74 Å². The van der Waals surface area contributed by atoms with Gasteiger partial charge < -0.3 is 9.47 Å². The Balaban J connectivity index is 3.15. The van der Waals surface area contributed by atoms with E-state index in [9.17, 15) is 13.6 Å². The van der Waals surface area contributed by atoms with E-state index < -0.39 is 6.61 Å². The van der Waals surface area contributed by atoms with Gasteiger partial charge in [0, 0.05) is 0 Å². The second kappa shape index (κ2) is 5.79. The van der Waals surface area contributed by atoms with Crippen LogP contribution in [0.25, 0.3) is 0 Å². The lowest BCUT2D eigenvalue weighted by molar-refractivity contribution is -0.0512. The highest BCUT2D eigenvalue weighted by Gasteiger charge is 2.17. The molecule has 0 atom stereocenters. The molecule has 0 radical (unpaired) electrons. The molecule has 0 fully saturated rings. The molecule has 0 spiro atoms. The van der Waals surface area contributed by atoms with Gasteiger partial charge in [-0.2, -0.15) is 8.78 Å². The van der Waals surface area contributed by atoms with E-state index in [-0.39, 0.29) is 28.2 Å². The number of benzene rings is 1. The maximum Gasteiger partial charge on any atom is 0.387 e. The van der Waals surface area contributed by atoms with Crippen LogP contribution in [-0.4, -0.2) is 24.8 Å². The number of hydrogen-bond acceptors (Lipinski definition) is 3. The van der Waals surface area contributed by atoms with Crippen LogP contribution in [0.4, 0.5) is 8.78 Å². The number of ether oxygens (including phenoxy) is 2. The number of rotatable bonds is 5. The Labute approximate surface area is 99.5 Å². The first kappa shape index (κ1) is 12.9.